The van der Waals surface area contributed by atoms with Crippen LogP contribution in [0.15, 0.2) is 48.1 Å². The summed E-state index contributed by atoms with van der Waals surface area (Å²) in [6, 6.07) is 11.4. The monoisotopic (exact) mass is 408 g/mol. The minimum Gasteiger partial charge on any atom is -0.371 e. The van der Waals surface area contributed by atoms with Gasteiger partial charge in [0.2, 0.25) is 0 Å². The molecule has 1 amide bonds. The average molecular weight is 409 g/mol. The zero-order valence-corrected chi connectivity index (χ0v) is 17.2. The zero-order chi connectivity index (χ0) is 20.9. The fraction of sp³-hybridized carbons (Fsp3) is 0.333. The Balaban J connectivity index is 1.99. The highest BCUT2D eigenvalue weighted by Gasteiger charge is 2.41. The molecule has 0 saturated heterocycles. The van der Waals surface area contributed by atoms with Crippen LogP contribution < -0.4 is 16.0 Å². The molecule has 7 nitrogen and oxygen atoms in total. The summed E-state index contributed by atoms with van der Waals surface area (Å²) in [5, 5.41) is 12.2. The number of nitrogens with zero attached hydrogens (tertiary/aromatic N) is 4. The van der Waals surface area contributed by atoms with E-state index in [1.165, 1.54) is 0 Å². The van der Waals surface area contributed by atoms with Gasteiger partial charge in [0.1, 0.15) is 17.4 Å². The molecule has 3 heterocycles. The van der Waals surface area contributed by atoms with Gasteiger partial charge in [-0.05, 0) is 68.3 Å². The molecular formula is C21H24N6OS. The van der Waals surface area contributed by atoms with E-state index in [0.29, 0.717) is 35.2 Å². The van der Waals surface area contributed by atoms with Gasteiger partial charge in [0.05, 0.1) is 17.5 Å². The maximum atomic E-state index is 13.4. The number of nitrogens with two attached hydrogens (primary N) is 1. The van der Waals surface area contributed by atoms with Crippen LogP contribution in [0.3, 0.4) is 0 Å². The highest BCUT2D eigenvalue weighted by molar-refractivity contribution is 8.13. The maximum Gasteiger partial charge on any atom is 0.294 e. The Morgan fingerprint density at radius 3 is 2.97 bits per heavy atom. The van der Waals surface area contributed by atoms with Gasteiger partial charge in [-0.1, -0.05) is 18.7 Å². The molecule has 150 valence electrons. The van der Waals surface area contributed by atoms with Gasteiger partial charge in [-0.3, -0.25) is 9.69 Å². The van der Waals surface area contributed by atoms with Crippen molar-refractivity contribution in [1.29, 1.82) is 5.26 Å². The summed E-state index contributed by atoms with van der Waals surface area (Å²) in [6.07, 6.45) is 3.95. The fourth-order valence-electron chi connectivity index (χ4n) is 3.44. The molecule has 0 radical (unpaired) electrons. The molecular weight excluding hydrogens is 384 g/mol. The highest BCUT2D eigenvalue weighted by Crippen LogP contribution is 2.40. The lowest BCUT2D eigenvalue weighted by Crippen LogP contribution is -2.53. The van der Waals surface area contributed by atoms with Crippen LogP contribution in [0, 0.1) is 11.3 Å². The van der Waals surface area contributed by atoms with Crippen LogP contribution >= 0.6 is 11.8 Å². The molecule has 1 aliphatic rings. The third kappa shape index (κ3) is 4.58. The van der Waals surface area contributed by atoms with Crippen LogP contribution in [0.2, 0.25) is 0 Å². The molecule has 2 aromatic heterocycles. The molecule has 0 aromatic carbocycles. The molecule has 0 spiro atoms. The Kier molecular flexibility index (Phi) is 6.52. The number of nitriles is 1. The summed E-state index contributed by atoms with van der Waals surface area (Å²) in [7, 11) is 0. The van der Waals surface area contributed by atoms with E-state index in [4.69, 9.17) is 16.0 Å². The molecule has 0 saturated carbocycles. The summed E-state index contributed by atoms with van der Waals surface area (Å²) < 4.78 is 0. The van der Waals surface area contributed by atoms with Crippen molar-refractivity contribution in [1.82, 2.24) is 15.3 Å². The van der Waals surface area contributed by atoms with E-state index in [9.17, 15) is 4.79 Å². The predicted molar refractivity (Wildman–Crippen MR) is 115 cm³/mol. The number of nitrogens with one attached hydrogen (secondary N) is 1. The van der Waals surface area contributed by atoms with Gasteiger partial charge in [0.15, 0.2) is 0 Å². The molecule has 29 heavy (non-hydrogen) atoms. The first-order valence-corrected chi connectivity index (χ1v) is 10.2. The molecule has 3 rings (SSSR count). The average Bonchev–Trinajstić information content (AvgIpc) is 2.72. The standard InChI is InChI=1S/C21H24N6OS/c1-15(24-14-12-23)17-7-6-16-8-9-21(2,10-11-22)27(19(16)26-17)20(28)29-18-5-3-4-13-25-18/h3-7,13,24H,1,8-11,14,22H2,2H3/t21-/m1/s1. The normalized spacial score (nSPS) is 17.9. The predicted octanol–water partition coefficient (Wildman–Crippen LogP) is 3.33. The first-order valence-electron chi connectivity index (χ1n) is 9.41. The Morgan fingerprint density at radius 1 is 1.45 bits per heavy atom. The van der Waals surface area contributed by atoms with Crippen molar-refractivity contribution in [2.45, 2.75) is 36.8 Å². The number of rotatable bonds is 6. The van der Waals surface area contributed by atoms with E-state index in [1.807, 2.05) is 36.4 Å². The van der Waals surface area contributed by atoms with E-state index in [1.54, 1.807) is 11.1 Å². The van der Waals surface area contributed by atoms with Gasteiger partial charge in [-0.15, -0.1) is 0 Å². The molecule has 0 fully saturated rings. The first kappa shape index (κ1) is 20.8. The summed E-state index contributed by atoms with van der Waals surface area (Å²) in [4.78, 5) is 24.1. The molecule has 3 N–H and O–H groups in total. The number of hydrogen-bond donors (Lipinski definition) is 2. The molecule has 2 aromatic rings. The number of carbonyl (C=O) groups is 1. The van der Waals surface area contributed by atoms with Crippen LogP contribution in [-0.4, -0.2) is 33.8 Å². The number of fused-ring (bicyclic) bond motifs is 1. The van der Waals surface area contributed by atoms with Crippen molar-refractivity contribution in [3.63, 3.8) is 0 Å². The van der Waals surface area contributed by atoms with Gasteiger partial charge >= 0.3 is 0 Å². The molecule has 1 atom stereocenters. The number of aryl methyl sites for hydroxylation is 1. The topological polar surface area (TPSA) is 108 Å². The van der Waals surface area contributed by atoms with Crippen molar-refractivity contribution in [3.05, 3.63) is 54.4 Å². The summed E-state index contributed by atoms with van der Waals surface area (Å²) in [5.41, 5.74) is 7.60. The first-order chi connectivity index (χ1) is 14.0. The number of hydrogen-bond acceptors (Lipinski definition) is 7. The maximum absolute atomic E-state index is 13.4. The quantitative estimate of drug-likeness (QED) is 0.557. The molecule has 1 aliphatic heterocycles. The minimum absolute atomic E-state index is 0.138. The second-order valence-corrected chi connectivity index (χ2v) is 8.05. The minimum atomic E-state index is -0.437. The van der Waals surface area contributed by atoms with Gasteiger partial charge in [-0.25, -0.2) is 9.97 Å². The fourth-order valence-corrected chi connectivity index (χ4v) is 4.28. The molecule has 0 bridgehead atoms. The summed E-state index contributed by atoms with van der Waals surface area (Å²) >= 11 is 1.08. The summed E-state index contributed by atoms with van der Waals surface area (Å²) in [6.45, 7) is 6.62. The van der Waals surface area contributed by atoms with Gasteiger partial charge in [0.25, 0.3) is 5.24 Å². The second kappa shape index (κ2) is 9.07. The Hall–Kier alpha value is -2.89. The van der Waals surface area contributed by atoms with Crippen LogP contribution in [0.4, 0.5) is 10.6 Å². The summed E-state index contributed by atoms with van der Waals surface area (Å²) in [5.74, 6) is 0.623. The third-order valence-electron chi connectivity index (χ3n) is 5.03. The lowest BCUT2D eigenvalue weighted by atomic mass is 9.84. The van der Waals surface area contributed by atoms with Crippen molar-refractivity contribution in [2.24, 2.45) is 5.73 Å². The smallest absolute Gasteiger partial charge is 0.294 e. The van der Waals surface area contributed by atoms with E-state index in [0.717, 1.165) is 30.2 Å². The van der Waals surface area contributed by atoms with Crippen LogP contribution in [0.1, 0.15) is 31.0 Å². The van der Waals surface area contributed by atoms with Gasteiger partial charge in [-0.2, -0.15) is 5.26 Å². The number of aromatic nitrogens is 2. The largest absolute Gasteiger partial charge is 0.371 e. The Morgan fingerprint density at radius 2 is 2.28 bits per heavy atom. The highest BCUT2D eigenvalue weighted by atomic mass is 32.2. The number of amides is 1. The number of anilines is 1. The SMILES string of the molecule is C=C(NCC#N)c1ccc2c(n1)N(C(=O)Sc1ccccn1)[C@@](C)(CCN)CC2. The van der Waals surface area contributed by atoms with Crippen molar-refractivity contribution < 1.29 is 4.79 Å². The lowest BCUT2D eigenvalue weighted by molar-refractivity contribution is 0.253. The number of thioether (sulfide) groups is 1. The second-order valence-electron chi connectivity index (χ2n) is 7.08. The van der Waals surface area contributed by atoms with E-state index in [-0.39, 0.29) is 11.8 Å². The van der Waals surface area contributed by atoms with Crippen molar-refractivity contribution in [3.8, 4) is 6.07 Å². The van der Waals surface area contributed by atoms with Crippen LogP contribution in [-0.2, 0) is 6.42 Å². The van der Waals surface area contributed by atoms with Crippen LogP contribution in [0.25, 0.3) is 5.70 Å². The van der Waals surface area contributed by atoms with Gasteiger partial charge < -0.3 is 11.1 Å². The lowest BCUT2D eigenvalue weighted by Gasteiger charge is -2.44. The Labute approximate surface area is 175 Å². The third-order valence-corrected chi connectivity index (χ3v) is 5.83. The van der Waals surface area contributed by atoms with Crippen molar-refractivity contribution in [2.75, 3.05) is 18.0 Å². The van der Waals surface area contributed by atoms with Crippen LogP contribution in [0.5, 0.6) is 0 Å². The van der Waals surface area contributed by atoms with E-state index < -0.39 is 5.54 Å². The molecule has 0 aliphatic carbocycles. The Bertz CT molecular complexity index is 942. The molecule has 0 unspecified atom stereocenters. The van der Waals surface area contributed by atoms with Crippen molar-refractivity contribution >= 4 is 28.5 Å². The number of carbonyl (C=O) groups excluding carboxylic acids is 1. The van der Waals surface area contributed by atoms with E-state index >= 15 is 0 Å². The van der Waals surface area contributed by atoms with E-state index in [2.05, 4.69) is 23.8 Å². The molecule has 8 heteroatoms. The number of pyridine rings is 2. The van der Waals surface area contributed by atoms with Gasteiger partial charge in [0, 0.05) is 11.7 Å². The zero-order valence-electron chi connectivity index (χ0n) is 16.4.